The topological polar surface area (TPSA) is 78.0 Å². The van der Waals surface area contributed by atoms with E-state index in [0.717, 1.165) is 6.42 Å². The maximum absolute atomic E-state index is 12.1. The number of rotatable bonds is 10. The highest BCUT2D eigenvalue weighted by molar-refractivity contribution is 7.09. The lowest BCUT2D eigenvalue weighted by Gasteiger charge is -2.21. The lowest BCUT2D eigenvalue weighted by atomic mass is 10.3. The van der Waals surface area contributed by atoms with Crippen LogP contribution in [-0.2, 0) is 25.5 Å². The number of ether oxygens (including phenoxy) is 3. The molecule has 1 aromatic rings. The molecule has 0 bridgehead atoms. The number of hydrogen-bond donors (Lipinski definition) is 0. The first kappa shape index (κ1) is 18.5. The highest BCUT2D eigenvalue weighted by Gasteiger charge is 2.17. The van der Waals surface area contributed by atoms with Gasteiger partial charge in [0, 0.05) is 32.2 Å². The van der Waals surface area contributed by atoms with Gasteiger partial charge in [0.1, 0.15) is 11.6 Å². The van der Waals surface area contributed by atoms with E-state index in [4.69, 9.17) is 9.47 Å². The summed E-state index contributed by atoms with van der Waals surface area (Å²) in [5.74, 6) is -0.595. The van der Waals surface area contributed by atoms with Crippen LogP contribution in [0.25, 0.3) is 0 Å². The Morgan fingerprint density at radius 3 is 2.77 bits per heavy atom. The van der Waals surface area contributed by atoms with Crippen LogP contribution < -0.4 is 0 Å². The van der Waals surface area contributed by atoms with Crippen LogP contribution in [0.4, 0.5) is 0 Å². The second kappa shape index (κ2) is 10.3. The molecule has 0 atom stereocenters. The van der Waals surface area contributed by atoms with E-state index in [-0.39, 0.29) is 18.2 Å². The summed E-state index contributed by atoms with van der Waals surface area (Å²) >= 11 is 1.32. The minimum absolute atomic E-state index is 0.0177. The zero-order valence-corrected chi connectivity index (χ0v) is 14.0. The molecule has 0 N–H and O–H groups in total. The largest absolute Gasteiger partial charge is 0.464 e. The number of amides is 1. The Hall–Kier alpha value is -1.51. The van der Waals surface area contributed by atoms with Crippen molar-refractivity contribution in [3.05, 3.63) is 16.1 Å². The molecular formula is C14H22N2O5S. The molecule has 1 amide bonds. The number of methoxy groups -OCH3 is 2. The summed E-state index contributed by atoms with van der Waals surface area (Å²) in [4.78, 5) is 29.3. The van der Waals surface area contributed by atoms with Gasteiger partial charge < -0.3 is 19.1 Å². The highest BCUT2D eigenvalue weighted by Crippen LogP contribution is 2.14. The Balaban J connectivity index is 2.64. The molecule has 0 aliphatic carbocycles. The SMILES string of the molecule is CCOCCCN(Cc1nc(C(=O)OC)cs1)C(=O)COC. The van der Waals surface area contributed by atoms with Crippen LogP contribution in [0.15, 0.2) is 5.38 Å². The van der Waals surface area contributed by atoms with Crippen molar-refractivity contribution < 1.29 is 23.8 Å². The maximum atomic E-state index is 12.1. The van der Waals surface area contributed by atoms with Gasteiger partial charge in [-0.3, -0.25) is 4.79 Å². The summed E-state index contributed by atoms with van der Waals surface area (Å²) in [6.45, 7) is 4.09. The van der Waals surface area contributed by atoms with E-state index < -0.39 is 5.97 Å². The zero-order chi connectivity index (χ0) is 16.4. The number of carbonyl (C=O) groups is 2. The molecule has 7 nitrogen and oxygen atoms in total. The van der Waals surface area contributed by atoms with Gasteiger partial charge in [-0.1, -0.05) is 0 Å². The van der Waals surface area contributed by atoms with Crippen molar-refractivity contribution in [2.45, 2.75) is 19.9 Å². The van der Waals surface area contributed by atoms with Crippen molar-refractivity contribution in [2.24, 2.45) is 0 Å². The van der Waals surface area contributed by atoms with Crippen LogP contribution in [0.5, 0.6) is 0 Å². The third-order valence-electron chi connectivity index (χ3n) is 2.81. The molecule has 0 fully saturated rings. The summed E-state index contributed by atoms with van der Waals surface area (Å²) in [7, 11) is 2.79. The van der Waals surface area contributed by atoms with Crippen molar-refractivity contribution in [2.75, 3.05) is 40.6 Å². The van der Waals surface area contributed by atoms with E-state index in [2.05, 4.69) is 9.72 Å². The molecule has 0 saturated heterocycles. The molecule has 0 saturated carbocycles. The van der Waals surface area contributed by atoms with Crippen LogP contribution in [0.3, 0.4) is 0 Å². The molecule has 1 rings (SSSR count). The van der Waals surface area contributed by atoms with Crippen molar-refractivity contribution in [1.29, 1.82) is 0 Å². The van der Waals surface area contributed by atoms with E-state index in [1.807, 2.05) is 6.92 Å². The predicted molar refractivity (Wildman–Crippen MR) is 81.9 cm³/mol. The van der Waals surface area contributed by atoms with Gasteiger partial charge in [0.25, 0.3) is 0 Å². The molecule has 22 heavy (non-hydrogen) atoms. The number of esters is 1. The first-order valence-corrected chi connectivity index (χ1v) is 7.87. The van der Waals surface area contributed by atoms with E-state index in [1.165, 1.54) is 25.6 Å². The third-order valence-corrected chi connectivity index (χ3v) is 3.65. The van der Waals surface area contributed by atoms with Gasteiger partial charge >= 0.3 is 5.97 Å². The Morgan fingerprint density at radius 2 is 2.14 bits per heavy atom. The molecule has 0 aliphatic heterocycles. The van der Waals surface area contributed by atoms with Crippen molar-refractivity contribution in [3.8, 4) is 0 Å². The number of hydrogen-bond acceptors (Lipinski definition) is 7. The Morgan fingerprint density at radius 1 is 1.36 bits per heavy atom. The molecule has 1 aromatic heterocycles. The number of carbonyl (C=O) groups excluding carboxylic acids is 2. The van der Waals surface area contributed by atoms with Crippen LogP contribution >= 0.6 is 11.3 Å². The minimum atomic E-state index is -0.478. The molecular weight excluding hydrogens is 308 g/mol. The zero-order valence-electron chi connectivity index (χ0n) is 13.2. The fraction of sp³-hybridized carbons (Fsp3) is 0.643. The van der Waals surface area contributed by atoms with Crippen molar-refractivity contribution >= 4 is 23.2 Å². The molecule has 0 radical (unpaired) electrons. The fourth-order valence-electron chi connectivity index (χ4n) is 1.75. The molecule has 0 aromatic carbocycles. The second-order valence-electron chi connectivity index (χ2n) is 4.42. The first-order chi connectivity index (χ1) is 10.6. The molecule has 1 heterocycles. The molecule has 8 heteroatoms. The highest BCUT2D eigenvalue weighted by atomic mass is 32.1. The van der Waals surface area contributed by atoms with Gasteiger partial charge in [-0.15, -0.1) is 11.3 Å². The van der Waals surface area contributed by atoms with Crippen LogP contribution in [-0.4, -0.2) is 62.3 Å². The monoisotopic (exact) mass is 330 g/mol. The minimum Gasteiger partial charge on any atom is -0.464 e. The first-order valence-electron chi connectivity index (χ1n) is 6.99. The van der Waals surface area contributed by atoms with Gasteiger partial charge in [-0.2, -0.15) is 0 Å². The van der Waals surface area contributed by atoms with Crippen LogP contribution in [0, 0.1) is 0 Å². The summed E-state index contributed by atoms with van der Waals surface area (Å²) in [6.07, 6.45) is 0.735. The smallest absolute Gasteiger partial charge is 0.357 e. The molecule has 0 aliphatic rings. The second-order valence-corrected chi connectivity index (χ2v) is 5.36. The Kier molecular flexibility index (Phi) is 8.64. The van der Waals surface area contributed by atoms with Gasteiger partial charge in [0.2, 0.25) is 5.91 Å². The van der Waals surface area contributed by atoms with Gasteiger partial charge in [-0.25, -0.2) is 9.78 Å². The summed E-state index contributed by atoms with van der Waals surface area (Å²) < 4.78 is 14.8. The predicted octanol–water partition coefficient (Wildman–Crippen LogP) is 1.33. The number of thiazole rings is 1. The molecule has 0 unspecified atom stereocenters. The van der Waals surface area contributed by atoms with E-state index in [0.29, 0.717) is 31.3 Å². The van der Waals surface area contributed by atoms with Crippen molar-refractivity contribution in [3.63, 3.8) is 0 Å². The average Bonchev–Trinajstić information content (AvgIpc) is 2.98. The molecule has 0 spiro atoms. The number of nitrogens with zero attached hydrogens (tertiary/aromatic N) is 2. The lowest BCUT2D eigenvalue weighted by molar-refractivity contribution is -0.136. The van der Waals surface area contributed by atoms with Crippen LogP contribution in [0.1, 0.15) is 28.8 Å². The van der Waals surface area contributed by atoms with E-state index >= 15 is 0 Å². The summed E-state index contributed by atoms with van der Waals surface area (Å²) in [6, 6.07) is 0. The summed E-state index contributed by atoms with van der Waals surface area (Å²) in [5, 5.41) is 2.31. The van der Waals surface area contributed by atoms with E-state index in [9.17, 15) is 9.59 Å². The maximum Gasteiger partial charge on any atom is 0.357 e. The van der Waals surface area contributed by atoms with Gasteiger partial charge in [0.15, 0.2) is 5.69 Å². The fourth-order valence-corrected chi connectivity index (χ4v) is 2.53. The van der Waals surface area contributed by atoms with Gasteiger partial charge in [0.05, 0.1) is 13.7 Å². The molecule has 124 valence electrons. The Labute approximate surface area is 134 Å². The van der Waals surface area contributed by atoms with Crippen molar-refractivity contribution in [1.82, 2.24) is 9.88 Å². The third kappa shape index (κ3) is 6.08. The van der Waals surface area contributed by atoms with Gasteiger partial charge in [-0.05, 0) is 13.3 Å². The Bertz CT molecular complexity index is 478. The van der Waals surface area contributed by atoms with Crippen LogP contribution in [0.2, 0.25) is 0 Å². The summed E-state index contributed by atoms with van der Waals surface area (Å²) in [5.41, 5.74) is 0.260. The quantitative estimate of drug-likeness (QED) is 0.476. The lowest BCUT2D eigenvalue weighted by Crippen LogP contribution is -2.34. The average molecular weight is 330 g/mol. The number of aromatic nitrogens is 1. The van der Waals surface area contributed by atoms with E-state index in [1.54, 1.807) is 10.3 Å². The standard InChI is InChI=1S/C14H22N2O5S/c1-4-21-7-5-6-16(13(17)9-19-2)8-12-15-11(10-22-12)14(18)20-3/h10H,4-9H2,1-3H3. The normalized spacial score (nSPS) is 10.5.